The molecule has 138 valence electrons. The Bertz CT molecular complexity index is 1190. The van der Waals surface area contributed by atoms with Crippen LogP contribution in [0.15, 0.2) is 54.9 Å². The van der Waals surface area contributed by atoms with Crippen molar-refractivity contribution in [2.45, 2.75) is 13.1 Å². The summed E-state index contributed by atoms with van der Waals surface area (Å²) in [6.07, 6.45) is 3.54. The van der Waals surface area contributed by atoms with Gasteiger partial charge in [0.05, 0.1) is 18.8 Å². The quantitative estimate of drug-likeness (QED) is 0.694. The number of rotatable bonds is 5. The van der Waals surface area contributed by atoms with E-state index in [1.165, 1.54) is 0 Å². The van der Waals surface area contributed by atoms with Gasteiger partial charge in [-0.15, -0.1) is 0 Å². The van der Waals surface area contributed by atoms with Crippen LogP contribution < -0.4 is 5.73 Å². The second-order valence-corrected chi connectivity index (χ2v) is 6.74. The summed E-state index contributed by atoms with van der Waals surface area (Å²) in [4.78, 5) is 25.6. The van der Waals surface area contributed by atoms with Crippen molar-refractivity contribution in [1.29, 1.82) is 5.26 Å². The van der Waals surface area contributed by atoms with E-state index in [2.05, 4.69) is 17.7 Å². The van der Waals surface area contributed by atoms with Gasteiger partial charge in [0.1, 0.15) is 6.54 Å². The fourth-order valence-electron chi connectivity index (χ4n) is 3.47. The van der Waals surface area contributed by atoms with Crippen LogP contribution in [0.5, 0.6) is 0 Å². The van der Waals surface area contributed by atoms with Gasteiger partial charge in [0, 0.05) is 29.4 Å². The minimum absolute atomic E-state index is 0.116. The number of aromatic nitrogens is 2. The molecule has 7 heteroatoms. The van der Waals surface area contributed by atoms with Gasteiger partial charge >= 0.3 is 0 Å². The SMILES string of the molecule is C=C(CN1Cc2c(ccc3ccc(-c4cnn(CC#N)c4)cc23)C1=O)C(N)=O. The first-order valence-electron chi connectivity index (χ1n) is 8.70. The van der Waals surface area contributed by atoms with E-state index >= 15 is 0 Å². The van der Waals surface area contributed by atoms with E-state index in [9.17, 15) is 9.59 Å². The van der Waals surface area contributed by atoms with Gasteiger partial charge in [0.2, 0.25) is 5.91 Å². The number of carbonyl (C=O) groups excluding carboxylic acids is 2. The fraction of sp³-hybridized carbons (Fsp3) is 0.143. The molecular weight excluding hydrogens is 354 g/mol. The third-order valence-corrected chi connectivity index (χ3v) is 4.93. The molecule has 0 spiro atoms. The highest BCUT2D eigenvalue weighted by atomic mass is 16.2. The Kier molecular flexibility index (Phi) is 4.17. The lowest BCUT2D eigenvalue weighted by molar-refractivity contribution is -0.114. The average molecular weight is 371 g/mol. The minimum Gasteiger partial charge on any atom is -0.366 e. The van der Waals surface area contributed by atoms with Crippen molar-refractivity contribution in [2.75, 3.05) is 6.54 Å². The Balaban J connectivity index is 1.73. The smallest absolute Gasteiger partial charge is 0.254 e. The molecule has 1 aromatic heterocycles. The van der Waals surface area contributed by atoms with Crippen molar-refractivity contribution in [3.63, 3.8) is 0 Å². The average Bonchev–Trinajstić information content (AvgIpc) is 3.27. The summed E-state index contributed by atoms with van der Waals surface area (Å²) in [5, 5.41) is 15.0. The molecule has 0 atom stereocenters. The lowest BCUT2D eigenvalue weighted by atomic mass is 9.97. The van der Waals surface area contributed by atoms with Crippen LogP contribution in [0.4, 0.5) is 0 Å². The molecule has 0 saturated heterocycles. The van der Waals surface area contributed by atoms with E-state index in [1.54, 1.807) is 15.8 Å². The van der Waals surface area contributed by atoms with Crippen molar-refractivity contribution in [2.24, 2.45) is 5.73 Å². The van der Waals surface area contributed by atoms with Crippen LogP contribution in [0.25, 0.3) is 21.9 Å². The lowest BCUT2D eigenvalue weighted by Gasteiger charge is -2.15. The summed E-state index contributed by atoms with van der Waals surface area (Å²) in [6, 6.07) is 11.8. The van der Waals surface area contributed by atoms with Gasteiger partial charge in [-0.25, -0.2) is 0 Å². The molecule has 0 fully saturated rings. The molecule has 0 bridgehead atoms. The molecule has 3 aromatic rings. The highest BCUT2D eigenvalue weighted by Gasteiger charge is 2.29. The Labute approximate surface area is 161 Å². The normalized spacial score (nSPS) is 12.8. The van der Waals surface area contributed by atoms with E-state index in [0.717, 1.165) is 27.5 Å². The number of amides is 2. The van der Waals surface area contributed by atoms with Crippen molar-refractivity contribution < 1.29 is 9.59 Å². The molecule has 1 aliphatic rings. The highest BCUT2D eigenvalue weighted by Crippen LogP contribution is 2.33. The van der Waals surface area contributed by atoms with Gasteiger partial charge in [-0.3, -0.25) is 14.3 Å². The van der Waals surface area contributed by atoms with Crippen LogP contribution in [-0.4, -0.2) is 33.0 Å². The number of nitriles is 1. The van der Waals surface area contributed by atoms with E-state index in [1.807, 2.05) is 36.5 Å². The van der Waals surface area contributed by atoms with Crippen molar-refractivity contribution in [3.05, 3.63) is 66.0 Å². The van der Waals surface area contributed by atoms with E-state index in [-0.39, 0.29) is 24.6 Å². The predicted molar refractivity (Wildman–Crippen MR) is 104 cm³/mol. The first-order chi connectivity index (χ1) is 13.5. The maximum absolute atomic E-state index is 12.7. The molecule has 2 heterocycles. The highest BCUT2D eigenvalue weighted by molar-refractivity contribution is 6.05. The topological polar surface area (TPSA) is 105 Å². The number of hydrogen-bond donors (Lipinski definition) is 1. The molecular formula is C21H17N5O2. The molecule has 2 amide bonds. The van der Waals surface area contributed by atoms with Crippen LogP contribution in [0.2, 0.25) is 0 Å². The maximum atomic E-state index is 12.7. The molecule has 0 unspecified atom stereocenters. The number of carbonyl (C=O) groups is 2. The van der Waals surface area contributed by atoms with E-state index in [4.69, 9.17) is 11.0 Å². The second-order valence-electron chi connectivity index (χ2n) is 6.74. The van der Waals surface area contributed by atoms with Gasteiger partial charge < -0.3 is 10.6 Å². The molecule has 7 nitrogen and oxygen atoms in total. The third kappa shape index (κ3) is 2.91. The lowest BCUT2D eigenvalue weighted by Crippen LogP contribution is -2.30. The van der Waals surface area contributed by atoms with Gasteiger partial charge in [-0.2, -0.15) is 10.4 Å². The van der Waals surface area contributed by atoms with Crippen LogP contribution in [0.1, 0.15) is 15.9 Å². The zero-order valence-corrected chi connectivity index (χ0v) is 15.1. The Hall–Kier alpha value is -3.92. The molecule has 1 aliphatic heterocycles. The molecule has 0 radical (unpaired) electrons. The summed E-state index contributed by atoms with van der Waals surface area (Å²) in [5.41, 5.74) is 8.87. The van der Waals surface area contributed by atoms with Gasteiger partial charge in [0.25, 0.3) is 5.91 Å². The largest absolute Gasteiger partial charge is 0.366 e. The zero-order chi connectivity index (χ0) is 19.8. The second kappa shape index (κ2) is 6.67. The van der Waals surface area contributed by atoms with Crippen molar-refractivity contribution in [3.8, 4) is 17.2 Å². The van der Waals surface area contributed by atoms with Crippen LogP contribution in [-0.2, 0) is 17.9 Å². The van der Waals surface area contributed by atoms with E-state index < -0.39 is 5.91 Å². The molecule has 0 aliphatic carbocycles. The molecule has 4 rings (SSSR count). The fourth-order valence-corrected chi connectivity index (χ4v) is 3.47. The van der Waals surface area contributed by atoms with Crippen LogP contribution in [0, 0.1) is 11.3 Å². The molecule has 2 N–H and O–H groups in total. The number of primary amides is 1. The summed E-state index contributed by atoms with van der Waals surface area (Å²) in [7, 11) is 0. The first kappa shape index (κ1) is 17.5. The van der Waals surface area contributed by atoms with Gasteiger partial charge in [0.15, 0.2) is 0 Å². The monoisotopic (exact) mass is 371 g/mol. The molecule has 0 saturated carbocycles. The van der Waals surface area contributed by atoms with Gasteiger partial charge in [-0.05, 0) is 34.0 Å². The van der Waals surface area contributed by atoms with Crippen LogP contribution >= 0.6 is 0 Å². The number of benzene rings is 2. The van der Waals surface area contributed by atoms with Gasteiger partial charge in [-0.1, -0.05) is 24.8 Å². The maximum Gasteiger partial charge on any atom is 0.254 e. The zero-order valence-electron chi connectivity index (χ0n) is 15.1. The summed E-state index contributed by atoms with van der Waals surface area (Å²) in [5.74, 6) is -0.739. The Morgan fingerprint density at radius 2 is 2.07 bits per heavy atom. The van der Waals surface area contributed by atoms with Crippen molar-refractivity contribution in [1.82, 2.24) is 14.7 Å². The summed E-state index contributed by atoms with van der Waals surface area (Å²) < 4.78 is 1.58. The standard InChI is InChI=1S/C21H17N5O2/c1-13(20(23)27)10-25-12-19-17(21(25)28)5-4-14-2-3-15(8-18(14)19)16-9-24-26(11-16)7-6-22/h2-5,8-9,11H,1,7,10,12H2,(H2,23,27). The predicted octanol–water partition coefficient (Wildman–Crippen LogP) is 2.22. The van der Waals surface area contributed by atoms with Crippen molar-refractivity contribution >= 4 is 22.6 Å². The number of nitrogens with two attached hydrogens (primary N) is 1. The Morgan fingerprint density at radius 1 is 1.29 bits per heavy atom. The Morgan fingerprint density at radius 3 is 2.82 bits per heavy atom. The third-order valence-electron chi connectivity index (χ3n) is 4.93. The van der Waals surface area contributed by atoms with E-state index in [0.29, 0.717) is 12.1 Å². The molecule has 28 heavy (non-hydrogen) atoms. The van der Waals surface area contributed by atoms with Crippen LogP contribution in [0.3, 0.4) is 0 Å². The number of hydrogen-bond acceptors (Lipinski definition) is 4. The first-order valence-corrected chi connectivity index (χ1v) is 8.70. The summed E-state index contributed by atoms with van der Waals surface area (Å²) in [6.45, 7) is 4.35. The molecule has 2 aromatic carbocycles. The number of fused-ring (bicyclic) bond motifs is 3. The number of nitrogens with zero attached hydrogens (tertiary/aromatic N) is 4. The minimum atomic E-state index is -0.606. The summed E-state index contributed by atoms with van der Waals surface area (Å²) >= 11 is 0.